The fraction of sp³-hybridized carbons (Fsp3) is 0.318. The third-order valence-electron chi connectivity index (χ3n) is 5.41. The molecule has 1 aromatic carbocycles. The number of esters is 1. The zero-order valence-corrected chi connectivity index (χ0v) is 16.5. The van der Waals surface area contributed by atoms with E-state index < -0.39 is 12.1 Å². The van der Waals surface area contributed by atoms with Gasteiger partial charge in [0.05, 0.1) is 29.0 Å². The molecule has 2 aliphatic heterocycles. The summed E-state index contributed by atoms with van der Waals surface area (Å²) in [7, 11) is 0. The number of aliphatic hydroxyl groups excluding tert-OH is 1. The molecule has 2 aliphatic rings. The number of phenolic OH excluding ortho intramolecular Hbond substituents is 1. The van der Waals surface area contributed by atoms with Crippen molar-refractivity contribution in [3.63, 3.8) is 0 Å². The number of nitrogens with zero attached hydrogens (tertiary/aromatic N) is 2. The first kappa shape index (κ1) is 19.1. The van der Waals surface area contributed by atoms with Crippen LogP contribution in [0.2, 0.25) is 0 Å². The molecule has 0 saturated heterocycles. The Balaban J connectivity index is 0.000000994. The SMILES string of the molecule is CC.CCc1c2c(nc3ccc(O)cc13)-c1cc3c(c(=O)n1C2)COC(=O)[C@H]3O. The number of fused-ring (bicyclic) bond motifs is 5. The molecule has 1 atom stereocenters. The first-order chi connectivity index (χ1) is 14.0. The van der Waals surface area contributed by atoms with E-state index in [9.17, 15) is 19.8 Å². The van der Waals surface area contributed by atoms with Gasteiger partial charge in [0.15, 0.2) is 6.10 Å². The number of carbonyl (C=O) groups excluding carboxylic acids is 1. The Kier molecular flexibility index (Phi) is 4.62. The van der Waals surface area contributed by atoms with Gasteiger partial charge in [0.25, 0.3) is 5.56 Å². The van der Waals surface area contributed by atoms with E-state index in [4.69, 9.17) is 9.72 Å². The van der Waals surface area contributed by atoms with Gasteiger partial charge in [-0.25, -0.2) is 9.78 Å². The highest BCUT2D eigenvalue weighted by atomic mass is 16.5. The maximum atomic E-state index is 13.0. The minimum absolute atomic E-state index is 0.134. The summed E-state index contributed by atoms with van der Waals surface area (Å²) >= 11 is 0. The topological polar surface area (TPSA) is 102 Å². The molecule has 0 amide bonds. The highest BCUT2D eigenvalue weighted by Crippen LogP contribution is 2.38. The average Bonchev–Trinajstić information content (AvgIpc) is 3.09. The van der Waals surface area contributed by atoms with Gasteiger partial charge in [-0.1, -0.05) is 20.8 Å². The molecule has 2 aromatic heterocycles. The Morgan fingerprint density at radius 2 is 1.97 bits per heavy atom. The number of carbonyl (C=O) groups is 1. The minimum atomic E-state index is -1.46. The number of benzene rings is 1. The Morgan fingerprint density at radius 1 is 1.21 bits per heavy atom. The molecule has 0 aliphatic carbocycles. The van der Waals surface area contributed by atoms with Crippen molar-refractivity contribution < 1.29 is 19.7 Å². The van der Waals surface area contributed by atoms with Crippen molar-refractivity contribution in [2.45, 2.75) is 46.4 Å². The van der Waals surface area contributed by atoms with Crippen LogP contribution in [0.15, 0.2) is 29.1 Å². The number of aliphatic hydroxyl groups is 1. The highest BCUT2D eigenvalue weighted by molar-refractivity contribution is 5.89. The first-order valence-electron chi connectivity index (χ1n) is 9.75. The summed E-state index contributed by atoms with van der Waals surface area (Å²) in [5, 5.41) is 20.9. The lowest BCUT2D eigenvalue weighted by atomic mass is 9.97. The lowest BCUT2D eigenvalue weighted by Crippen LogP contribution is -2.32. The van der Waals surface area contributed by atoms with E-state index in [1.165, 1.54) is 0 Å². The van der Waals surface area contributed by atoms with Crippen LogP contribution in [-0.4, -0.2) is 25.7 Å². The number of hydrogen-bond donors (Lipinski definition) is 2. The van der Waals surface area contributed by atoms with Crippen LogP contribution in [0.1, 0.15) is 49.1 Å². The smallest absolute Gasteiger partial charge is 0.340 e. The van der Waals surface area contributed by atoms with Crippen LogP contribution in [0.4, 0.5) is 0 Å². The summed E-state index contributed by atoms with van der Waals surface area (Å²) in [6.45, 7) is 6.25. The Morgan fingerprint density at radius 3 is 2.69 bits per heavy atom. The molecule has 7 nitrogen and oxygen atoms in total. The van der Waals surface area contributed by atoms with Gasteiger partial charge in [-0.2, -0.15) is 0 Å². The standard InChI is InChI=1S/C20H16N2O5.C2H6/c1-2-10-11-5-9(23)3-4-15(11)21-17-13(10)7-22-16(17)6-12-14(19(22)25)8-27-20(26)18(12)24;1-2/h3-6,18,23-24H,2,7-8H2,1H3;1-2H3/t18-;/m0./s1. The Labute approximate surface area is 167 Å². The summed E-state index contributed by atoms with van der Waals surface area (Å²) in [6, 6.07) is 6.69. The van der Waals surface area contributed by atoms with E-state index in [-0.39, 0.29) is 17.9 Å². The van der Waals surface area contributed by atoms with E-state index in [1.807, 2.05) is 20.8 Å². The minimum Gasteiger partial charge on any atom is -0.508 e. The van der Waals surface area contributed by atoms with Gasteiger partial charge in [-0.3, -0.25) is 4.79 Å². The zero-order chi connectivity index (χ0) is 20.9. The largest absolute Gasteiger partial charge is 0.508 e. The molecule has 0 bridgehead atoms. The van der Waals surface area contributed by atoms with E-state index in [0.717, 1.165) is 28.5 Å². The second kappa shape index (κ2) is 7.00. The second-order valence-corrected chi connectivity index (χ2v) is 6.84. The highest BCUT2D eigenvalue weighted by Gasteiger charge is 2.34. The summed E-state index contributed by atoms with van der Waals surface area (Å²) in [4.78, 5) is 29.4. The number of rotatable bonds is 1. The van der Waals surface area contributed by atoms with Gasteiger partial charge in [-0.15, -0.1) is 0 Å². The number of hydrogen-bond acceptors (Lipinski definition) is 6. The van der Waals surface area contributed by atoms with Crippen molar-refractivity contribution >= 4 is 16.9 Å². The van der Waals surface area contributed by atoms with E-state index in [2.05, 4.69) is 0 Å². The molecule has 29 heavy (non-hydrogen) atoms. The molecule has 0 spiro atoms. The molecule has 7 heteroatoms. The van der Waals surface area contributed by atoms with Gasteiger partial charge >= 0.3 is 5.97 Å². The number of aromatic hydroxyl groups is 1. The van der Waals surface area contributed by atoms with Crippen molar-refractivity contribution in [1.29, 1.82) is 0 Å². The molecule has 150 valence electrons. The molecule has 0 saturated carbocycles. The number of pyridine rings is 2. The number of aromatic nitrogens is 2. The summed E-state index contributed by atoms with van der Waals surface area (Å²) < 4.78 is 6.52. The number of aryl methyl sites for hydroxylation is 1. The molecule has 0 unspecified atom stereocenters. The van der Waals surface area contributed by atoms with Crippen molar-refractivity contribution in [2.24, 2.45) is 0 Å². The van der Waals surface area contributed by atoms with Crippen LogP contribution < -0.4 is 5.56 Å². The molecular formula is C22H22N2O5. The number of ether oxygens (including phenoxy) is 1. The lowest BCUT2D eigenvalue weighted by Gasteiger charge is -2.21. The molecule has 0 fully saturated rings. The molecule has 3 aromatic rings. The van der Waals surface area contributed by atoms with Crippen LogP contribution in [-0.2, 0) is 29.1 Å². The van der Waals surface area contributed by atoms with E-state index in [0.29, 0.717) is 29.1 Å². The van der Waals surface area contributed by atoms with Gasteiger partial charge in [0.2, 0.25) is 0 Å². The quantitative estimate of drug-likeness (QED) is 0.482. The van der Waals surface area contributed by atoms with Gasteiger partial charge < -0.3 is 19.5 Å². The van der Waals surface area contributed by atoms with E-state index in [1.54, 1.807) is 28.8 Å². The third-order valence-corrected chi connectivity index (χ3v) is 5.41. The maximum absolute atomic E-state index is 13.0. The van der Waals surface area contributed by atoms with Crippen molar-refractivity contribution in [2.75, 3.05) is 0 Å². The van der Waals surface area contributed by atoms with Gasteiger partial charge in [-0.05, 0) is 36.2 Å². The van der Waals surface area contributed by atoms with Gasteiger partial charge in [0, 0.05) is 16.5 Å². The molecule has 4 heterocycles. The van der Waals surface area contributed by atoms with Crippen molar-refractivity contribution in [1.82, 2.24) is 9.55 Å². The van der Waals surface area contributed by atoms with Crippen LogP contribution in [0.5, 0.6) is 5.75 Å². The number of cyclic esters (lactones) is 1. The van der Waals surface area contributed by atoms with Crippen molar-refractivity contribution in [3.05, 3.63) is 56.9 Å². The maximum Gasteiger partial charge on any atom is 0.340 e. The molecule has 2 N–H and O–H groups in total. The fourth-order valence-corrected chi connectivity index (χ4v) is 4.10. The number of phenols is 1. The van der Waals surface area contributed by atoms with Crippen molar-refractivity contribution in [3.8, 4) is 17.1 Å². The van der Waals surface area contributed by atoms with E-state index >= 15 is 0 Å². The van der Waals surface area contributed by atoms with Crippen LogP contribution in [0.3, 0.4) is 0 Å². The monoisotopic (exact) mass is 394 g/mol. The lowest BCUT2D eigenvalue weighted by molar-refractivity contribution is -0.157. The van der Waals surface area contributed by atoms with Gasteiger partial charge in [0.1, 0.15) is 12.4 Å². The average molecular weight is 394 g/mol. The van der Waals surface area contributed by atoms with Crippen LogP contribution >= 0.6 is 0 Å². The van der Waals surface area contributed by atoms with Crippen LogP contribution in [0, 0.1) is 0 Å². The zero-order valence-electron chi connectivity index (χ0n) is 16.5. The third kappa shape index (κ3) is 2.73. The molecule has 0 radical (unpaired) electrons. The second-order valence-electron chi connectivity index (χ2n) is 6.84. The molecular weight excluding hydrogens is 372 g/mol. The predicted octanol–water partition coefficient (Wildman–Crippen LogP) is 2.81. The summed E-state index contributed by atoms with van der Waals surface area (Å²) in [6.07, 6.45) is -0.739. The summed E-state index contributed by atoms with van der Waals surface area (Å²) in [5.41, 5.74) is 4.27. The summed E-state index contributed by atoms with van der Waals surface area (Å²) in [5.74, 6) is -0.581. The fourth-order valence-electron chi connectivity index (χ4n) is 4.10. The Bertz CT molecular complexity index is 1210. The van der Waals surface area contributed by atoms with Crippen LogP contribution in [0.25, 0.3) is 22.3 Å². The molecule has 5 rings (SSSR count). The normalized spacial score (nSPS) is 16.4. The predicted molar refractivity (Wildman–Crippen MR) is 108 cm³/mol. The first-order valence-corrected chi connectivity index (χ1v) is 9.75. The Hall–Kier alpha value is -3.19.